The van der Waals surface area contributed by atoms with Gasteiger partial charge < -0.3 is 18.9 Å². The van der Waals surface area contributed by atoms with Crippen LogP contribution in [-0.4, -0.2) is 35.3 Å². The molecule has 224 valence electrons. The van der Waals surface area contributed by atoms with Crippen molar-refractivity contribution < 1.29 is 28.5 Å². The van der Waals surface area contributed by atoms with Crippen molar-refractivity contribution in [2.45, 2.75) is 124 Å². The number of unbranched alkanes of at least 4 members (excludes halogenated alkanes) is 2. The van der Waals surface area contributed by atoms with E-state index in [1.807, 2.05) is 79.7 Å². The summed E-state index contributed by atoms with van der Waals surface area (Å²) < 4.78 is 24.1. The first-order chi connectivity index (χ1) is 19.2. The number of hydrogen-bond acceptors (Lipinski definition) is 6. The summed E-state index contributed by atoms with van der Waals surface area (Å²) in [5.74, 6) is 0.831. The van der Waals surface area contributed by atoms with Crippen LogP contribution in [0.5, 0.6) is 11.5 Å². The van der Waals surface area contributed by atoms with Crippen molar-refractivity contribution in [1.29, 1.82) is 0 Å². The quantitative estimate of drug-likeness (QED) is 0.124. The zero-order valence-corrected chi connectivity index (χ0v) is 26.4. The van der Waals surface area contributed by atoms with Gasteiger partial charge in [0.05, 0.1) is 12.8 Å². The molecule has 0 saturated heterocycles. The maximum Gasteiger partial charge on any atom is 0.310 e. The van der Waals surface area contributed by atoms with Crippen LogP contribution < -0.4 is 9.47 Å². The second kappa shape index (κ2) is 13.6. The van der Waals surface area contributed by atoms with Gasteiger partial charge >= 0.3 is 11.9 Å². The average Bonchev–Trinajstić information content (AvgIpc) is 2.83. The highest BCUT2D eigenvalue weighted by molar-refractivity contribution is 6.11. The van der Waals surface area contributed by atoms with Crippen LogP contribution in [0.3, 0.4) is 0 Å². The van der Waals surface area contributed by atoms with Crippen LogP contribution in [0.2, 0.25) is 0 Å². The van der Waals surface area contributed by atoms with Gasteiger partial charge in [-0.15, -0.1) is 0 Å². The van der Waals surface area contributed by atoms with E-state index in [0.717, 1.165) is 46.6 Å². The van der Waals surface area contributed by atoms with E-state index in [1.165, 1.54) is 12.0 Å². The van der Waals surface area contributed by atoms with Crippen LogP contribution in [0.15, 0.2) is 42.5 Å². The van der Waals surface area contributed by atoms with Gasteiger partial charge in [-0.2, -0.15) is 0 Å². The average molecular weight is 565 g/mol. The van der Waals surface area contributed by atoms with Crippen molar-refractivity contribution in [3.63, 3.8) is 0 Å². The molecule has 0 fully saturated rings. The van der Waals surface area contributed by atoms with Gasteiger partial charge in [0.25, 0.3) is 0 Å². The summed E-state index contributed by atoms with van der Waals surface area (Å²) in [4.78, 5) is 25.1. The van der Waals surface area contributed by atoms with E-state index in [4.69, 9.17) is 18.9 Å². The molecule has 0 aliphatic heterocycles. The number of hydrogen-bond donors (Lipinski definition) is 0. The Bertz CT molecular complexity index is 1340. The predicted molar refractivity (Wildman–Crippen MR) is 166 cm³/mol. The Morgan fingerprint density at radius 2 is 1.15 bits per heavy atom. The summed E-state index contributed by atoms with van der Waals surface area (Å²) in [7, 11) is 0. The number of fused-ring (bicyclic) bond motifs is 2. The Kier molecular flexibility index (Phi) is 10.7. The number of esters is 2. The third-order valence-electron chi connectivity index (χ3n) is 6.44. The topological polar surface area (TPSA) is 71.1 Å². The summed E-state index contributed by atoms with van der Waals surface area (Å²) in [5.41, 5.74) is 0.108. The molecule has 41 heavy (non-hydrogen) atoms. The second-order valence-electron chi connectivity index (χ2n) is 13.0. The van der Waals surface area contributed by atoms with E-state index < -0.39 is 23.4 Å². The second-order valence-corrected chi connectivity index (χ2v) is 13.0. The summed E-state index contributed by atoms with van der Waals surface area (Å²) in [5, 5.41) is 3.60. The van der Waals surface area contributed by atoms with Gasteiger partial charge in [-0.3, -0.25) is 9.59 Å². The first-order valence-corrected chi connectivity index (χ1v) is 14.9. The van der Waals surface area contributed by atoms with Gasteiger partial charge in [-0.05, 0) is 79.9 Å². The summed E-state index contributed by atoms with van der Waals surface area (Å²) in [6, 6.07) is 14.4. The molecular weight excluding hydrogens is 516 g/mol. The highest BCUT2D eigenvalue weighted by atomic mass is 16.6. The van der Waals surface area contributed by atoms with Gasteiger partial charge in [-0.1, -0.05) is 56.2 Å². The van der Waals surface area contributed by atoms with Crippen molar-refractivity contribution in [2.24, 2.45) is 0 Å². The molecular formula is C35H48O6. The fourth-order valence-corrected chi connectivity index (χ4v) is 4.86. The third-order valence-corrected chi connectivity index (χ3v) is 6.44. The minimum Gasteiger partial charge on any atom is -0.489 e. The molecule has 0 aromatic heterocycles. The van der Waals surface area contributed by atoms with Crippen molar-refractivity contribution in [1.82, 2.24) is 0 Å². The van der Waals surface area contributed by atoms with Crippen molar-refractivity contribution in [3.05, 3.63) is 48.0 Å². The van der Waals surface area contributed by atoms with Gasteiger partial charge in [0.1, 0.15) is 34.9 Å². The number of benzene rings is 3. The number of ether oxygens (including phenoxy) is 4. The standard InChI is InChI=1S/C35H48O6/c1-10-11-12-15-25-18-19-28-29(22-25)33(39-24(3)21-31(37)41-35(7,8)9)27-17-14-13-16-26(27)32(28)38-23(2)20-30(36)40-34(4,5)6/h13-14,16-19,22-24H,10-12,15,20-21H2,1-9H3. The molecule has 0 bridgehead atoms. The molecule has 0 saturated carbocycles. The SMILES string of the molecule is CCCCCc1ccc2c(OC(C)CC(=O)OC(C)(C)C)c3ccccc3c(OC(C)CC(=O)OC(C)(C)C)c2c1. The summed E-state index contributed by atoms with van der Waals surface area (Å²) in [6.45, 7) is 17.1. The van der Waals surface area contributed by atoms with E-state index in [2.05, 4.69) is 25.1 Å². The van der Waals surface area contributed by atoms with Gasteiger partial charge in [0.15, 0.2) is 0 Å². The molecule has 0 spiro atoms. The first-order valence-electron chi connectivity index (χ1n) is 14.9. The number of carbonyl (C=O) groups excluding carboxylic acids is 2. The van der Waals surface area contributed by atoms with E-state index in [-0.39, 0.29) is 24.8 Å². The largest absolute Gasteiger partial charge is 0.489 e. The molecule has 0 amide bonds. The lowest BCUT2D eigenvalue weighted by Gasteiger charge is -2.25. The monoisotopic (exact) mass is 564 g/mol. The molecule has 6 nitrogen and oxygen atoms in total. The van der Waals surface area contributed by atoms with Crippen LogP contribution >= 0.6 is 0 Å². The molecule has 3 aromatic rings. The van der Waals surface area contributed by atoms with Gasteiger partial charge in [-0.25, -0.2) is 0 Å². The predicted octanol–water partition coefficient (Wildman–Crippen LogP) is 8.72. The highest BCUT2D eigenvalue weighted by Crippen LogP contribution is 2.44. The van der Waals surface area contributed by atoms with Crippen molar-refractivity contribution in [3.8, 4) is 11.5 Å². The first kappa shape index (κ1) is 32.2. The molecule has 0 radical (unpaired) electrons. The van der Waals surface area contributed by atoms with E-state index in [1.54, 1.807) is 0 Å². The Morgan fingerprint density at radius 1 is 0.683 bits per heavy atom. The molecule has 2 unspecified atom stereocenters. The molecule has 6 heteroatoms. The lowest BCUT2D eigenvalue weighted by molar-refractivity contribution is -0.157. The Labute approximate surface area is 245 Å². The molecule has 0 aliphatic rings. The van der Waals surface area contributed by atoms with Crippen LogP contribution in [-0.2, 0) is 25.5 Å². The fourth-order valence-electron chi connectivity index (χ4n) is 4.86. The maximum absolute atomic E-state index is 12.6. The number of carbonyl (C=O) groups is 2. The Morgan fingerprint density at radius 3 is 1.61 bits per heavy atom. The molecule has 3 rings (SSSR count). The lowest BCUT2D eigenvalue weighted by Crippen LogP contribution is -2.27. The maximum atomic E-state index is 12.6. The molecule has 3 aromatic carbocycles. The minimum atomic E-state index is -0.557. The Hall–Kier alpha value is -3.28. The smallest absolute Gasteiger partial charge is 0.310 e. The van der Waals surface area contributed by atoms with Gasteiger partial charge in [0, 0.05) is 21.5 Å². The Balaban J connectivity index is 2.06. The number of rotatable bonds is 12. The van der Waals surface area contributed by atoms with E-state index in [9.17, 15) is 9.59 Å². The lowest BCUT2D eigenvalue weighted by atomic mass is 9.97. The van der Waals surface area contributed by atoms with E-state index >= 15 is 0 Å². The van der Waals surface area contributed by atoms with E-state index in [0.29, 0.717) is 5.75 Å². The molecule has 0 N–H and O–H groups in total. The highest BCUT2D eigenvalue weighted by Gasteiger charge is 2.24. The minimum absolute atomic E-state index is 0.132. The zero-order valence-electron chi connectivity index (χ0n) is 26.4. The van der Waals surface area contributed by atoms with Crippen molar-refractivity contribution in [2.75, 3.05) is 0 Å². The van der Waals surface area contributed by atoms with Crippen molar-refractivity contribution >= 4 is 33.5 Å². The fraction of sp³-hybridized carbons (Fsp3) is 0.543. The summed E-state index contributed by atoms with van der Waals surface area (Å²) in [6.07, 6.45) is 3.86. The molecule has 2 atom stereocenters. The van der Waals surface area contributed by atoms with Crippen LogP contribution in [0.4, 0.5) is 0 Å². The number of aryl methyl sites for hydroxylation is 1. The molecule has 0 aliphatic carbocycles. The normalized spacial score (nSPS) is 13.6. The molecule has 0 heterocycles. The third kappa shape index (κ3) is 9.65. The van der Waals surface area contributed by atoms with Crippen LogP contribution in [0, 0.1) is 0 Å². The van der Waals surface area contributed by atoms with Crippen LogP contribution in [0.1, 0.15) is 100.0 Å². The summed E-state index contributed by atoms with van der Waals surface area (Å²) >= 11 is 0. The zero-order chi connectivity index (χ0) is 30.4. The van der Waals surface area contributed by atoms with Crippen LogP contribution in [0.25, 0.3) is 21.5 Å². The van der Waals surface area contributed by atoms with Gasteiger partial charge in [0.2, 0.25) is 0 Å².